The second-order valence-electron chi connectivity index (χ2n) is 7.07. The van der Waals surface area contributed by atoms with Crippen molar-refractivity contribution in [3.63, 3.8) is 0 Å². The van der Waals surface area contributed by atoms with E-state index in [-0.39, 0.29) is 30.5 Å². The van der Waals surface area contributed by atoms with Crippen molar-refractivity contribution in [1.29, 1.82) is 0 Å². The molecule has 0 bridgehead atoms. The Kier molecular flexibility index (Phi) is 10.9. The van der Waals surface area contributed by atoms with Gasteiger partial charge in [-0.1, -0.05) is 16.8 Å². The van der Waals surface area contributed by atoms with E-state index in [0.29, 0.717) is 42.3 Å². The van der Waals surface area contributed by atoms with Crippen LogP contribution in [-0.2, 0) is 11.3 Å². The molecule has 0 atom stereocenters. The van der Waals surface area contributed by atoms with Crippen molar-refractivity contribution < 1.29 is 14.1 Å². The normalized spacial score (nSPS) is 11.4. The van der Waals surface area contributed by atoms with Crippen LogP contribution < -0.4 is 16.0 Å². The van der Waals surface area contributed by atoms with Gasteiger partial charge in [-0.05, 0) is 52.0 Å². The van der Waals surface area contributed by atoms with E-state index >= 15 is 0 Å². The number of halogens is 2. The lowest BCUT2D eigenvalue weighted by Crippen LogP contribution is -2.42. The molecule has 0 aliphatic carbocycles. The molecule has 9 nitrogen and oxygen atoms in total. The van der Waals surface area contributed by atoms with E-state index in [9.17, 15) is 4.79 Å². The van der Waals surface area contributed by atoms with Gasteiger partial charge in [0, 0.05) is 30.2 Å². The summed E-state index contributed by atoms with van der Waals surface area (Å²) in [7, 11) is 0. The molecule has 0 unspecified atom stereocenters. The van der Waals surface area contributed by atoms with E-state index in [4.69, 9.17) is 20.9 Å². The fraction of sp³-hybridized carbons (Fsp3) is 0.474. The van der Waals surface area contributed by atoms with Crippen molar-refractivity contribution in [1.82, 2.24) is 26.1 Å². The molecule has 3 N–H and O–H groups in total. The zero-order chi connectivity index (χ0) is 21.3. The lowest BCUT2D eigenvalue weighted by Gasteiger charge is -2.19. The Morgan fingerprint density at radius 3 is 2.47 bits per heavy atom. The van der Waals surface area contributed by atoms with Crippen LogP contribution in [0.4, 0.5) is 4.79 Å². The van der Waals surface area contributed by atoms with Gasteiger partial charge in [-0.25, -0.2) is 9.79 Å². The van der Waals surface area contributed by atoms with Crippen LogP contribution in [0.5, 0.6) is 0 Å². The number of aromatic nitrogens is 2. The zero-order valence-electron chi connectivity index (χ0n) is 17.5. The van der Waals surface area contributed by atoms with Gasteiger partial charge in [0.25, 0.3) is 0 Å². The van der Waals surface area contributed by atoms with E-state index in [2.05, 4.69) is 31.1 Å². The molecule has 2 aromatic rings. The van der Waals surface area contributed by atoms with E-state index in [1.807, 2.05) is 39.8 Å². The first-order chi connectivity index (χ1) is 13.8. The summed E-state index contributed by atoms with van der Waals surface area (Å²) >= 11 is 5.89. The van der Waals surface area contributed by atoms with Crippen LogP contribution in [0.1, 0.15) is 33.6 Å². The molecule has 2 rings (SSSR count). The molecule has 0 saturated heterocycles. The average Bonchev–Trinajstić information content (AvgIpc) is 3.11. The van der Waals surface area contributed by atoms with Crippen LogP contribution in [0.3, 0.4) is 0 Å². The first kappa shape index (κ1) is 26.0. The molecule has 0 fully saturated rings. The molecular weight excluding hydrogens is 523 g/mol. The van der Waals surface area contributed by atoms with Crippen molar-refractivity contribution in [3.05, 3.63) is 35.2 Å². The average molecular weight is 551 g/mol. The van der Waals surface area contributed by atoms with Crippen molar-refractivity contribution >= 4 is 47.6 Å². The molecule has 166 valence electrons. The maximum atomic E-state index is 11.6. The monoisotopic (exact) mass is 550 g/mol. The molecule has 11 heteroatoms. The molecule has 0 radical (unpaired) electrons. The molecule has 0 spiro atoms. The highest BCUT2D eigenvalue weighted by Crippen LogP contribution is 2.18. The fourth-order valence-corrected chi connectivity index (χ4v) is 2.31. The highest BCUT2D eigenvalue weighted by molar-refractivity contribution is 14.0. The van der Waals surface area contributed by atoms with Gasteiger partial charge >= 0.3 is 6.09 Å². The molecule has 0 aliphatic rings. The van der Waals surface area contributed by atoms with Crippen LogP contribution >= 0.6 is 35.6 Å². The maximum absolute atomic E-state index is 11.6. The third-order valence-corrected chi connectivity index (χ3v) is 3.62. The van der Waals surface area contributed by atoms with E-state index in [1.54, 1.807) is 12.1 Å². The van der Waals surface area contributed by atoms with Gasteiger partial charge in [0.1, 0.15) is 12.1 Å². The third kappa shape index (κ3) is 9.61. The summed E-state index contributed by atoms with van der Waals surface area (Å²) in [4.78, 5) is 20.4. The predicted octanol–water partition coefficient (Wildman–Crippen LogP) is 3.59. The Balaban J connectivity index is 0.00000450. The quantitative estimate of drug-likeness (QED) is 0.209. The number of carbonyl (C=O) groups is 1. The molecular formula is C19H28ClIN6O3. The number of nitrogens with one attached hydrogen (secondary N) is 3. The number of hydrogen-bond acceptors (Lipinski definition) is 6. The summed E-state index contributed by atoms with van der Waals surface area (Å²) < 4.78 is 10.4. The van der Waals surface area contributed by atoms with E-state index in [0.717, 1.165) is 5.56 Å². The van der Waals surface area contributed by atoms with Gasteiger partial charge in [-0.3, -0.25) is 0 Å². The van der Waals surface area contributed by atoms with E-state index in [1.165, 1.54) is 0 Å². The molecule has 1 aromatic heterocycles. The predicted molar refractivity (Wildman–Crippen MR) is 127 cm³/mol. The fourth-order valence-electron chi connectivity index (χ4n) is 2.18. The standard InChI is InChI=1S/C19H27ClN6O3.HI/c1-5-21-17(22-10-11-23-18(27)28-19(2,3)4)24-12-15-25-16(26-29-15)13-6-8-14(20)9-7-13;/h6-9H,5,10-12H2,1-4H3,(H,23,27)(H2,21,22,24);1H. The first-order valence-corrected chi connectivity index (χ1v) is 9.72. The molecule has 30 heavy (non-hydrogen) atoms. The lowest BCUT2D eigenvalue weighted by molar-refractivity contribution is 0.0529. The Morgan fingerprint density at radius 1 is 1.17 bits per heavy atom. The summed E-state index contributed by atoms with van der Waals surface area (Å²) in [5.74, 6) is 1.44. The van der Waals surface area contributed by atoms with Gasteiger partial charge in [0.2, 0.25) is 11.7 Å². The van der Waals surface area contributed by atoms with Gasteiger partial charge in [-0.15, -0.1) is 24.0 Å². The highest BCUT2D eigenvalue weighted by Gasteiger charge is 2.15. The number of amides is 1. The summed E-state index contributed by atoms with van der Waals surface area (Å²) in [6.07, 6.45) is -0.457. The number of nitrogens with zero attached hydrogens (tertiary/aromatic N) is 3. The topological polar surface area (TPSA) is 114 Å². The van der Waals surface area contributed by atoms with Crippen molar-refractivity contribution in [2.24, 2.45) is 4.99 Å². The minimum atomic E-state index is -0.525. The largest absolute Gasteiger partial charge is 0.444 e. The lowest BCUT2D eigenvalue weighted by atomic mass is 10.2. The van der Waals surface area contributed by atoms with Gasteiger partial charge in [-0.2, -0.15) is 4.98 Å². The number of aliphatic imine (C=N–C) groups is 1. The number of carbonyl (C=O) groups excluding carboxylic acids is 1. The molecule has 0 aliphatic heterocycles. The Bertz CT molecular complexity index is 820. The van der Waals surface area contributed by atoms with Crippen molar-refractivity contribution in [3.8, 4) is 11.4 Å². The second-order valence-corrected chi connectivity index (χ2v) is 7.51. The van der Waals surface area contributed by atoms with Crippen LogP contribution in [0.2, 0.25) is 5.02 Å². The minimum Gasteiger partial charge on any atom is -0.444 e. The zero-order valence-corrected chi connectivity index (χ0v) is 20.6. The number of benzene rings is 1. The SMILES string of the molecule is CCNC(=NCc1nc(-c2ccc(Cl)cc2)no1)NCCNC(=O)OC(C)(C)C.I. The van der Waals surface area contributed by atoms with Crippen LogP contribution in [0.15, 0.2) is 33.8 Å². The van der Waals surface area contributed by atoms with Gasteiger partial charge in [0.05, 0.1) is 0 Å². The molecule has 1 heterocycles. The summed E-state index contributed by atoms with van der Waals surface area (Å²) in [5, 5.41) is 13.5. The van der Waals surface area contributed by atoms with E-state index < -0.39 is 11.7 Å². The summed E-state index contributed by atoms with van der Waals surface area (Å²) in [6.45, 7) is 9.18. The number of hydrogen-bond donors (Lipinski definition) is 3. The molecule has 1 aromatic carbocycles. The molecule has 0 saturated carbocycles. The minimum absolute atomic E-state index is 0. The third-order valence-electron chi connectivity index (χ3n) is 3.37. The van der Waals surface area contributed by atoms with Crippen molar-refractivity contribution in [2.45, 2.75) is 39.8 Å². The highest BCUT2D eigenvalue weighted by atomic mass is 127. The maximum Gasteiger partial charge on any atom is 0.407 e. The second kappa shape index (κ2) is 12.6. The molecule has 1 amide bonds. The Morgan fingerprint density at radius 2 is 1.83 bits per heavy atom. The number of ether oxygens (including phenoxy) is 1. The summed E-state index contributed by atoms with van der Waals surface area (Å²) in [6, 6.07) is 7.18. The number of guanidine groups is 1. The number of rotatable bonds is 7. The van der Waals surface area contributed by atoms with Crippen LogP contribution in [-0.4, -0.2) is 47.4 Å². The first-order valence-electron chi connectivity index (χ1n) is 9.34. The van der Waals surface area contributed by atoms with Crippen molar-refractivity contribution in [2.75, 3.05) is 19.6 Å². The van der Waals surface area contributed by atoms with Crippen LogP contribution in [0, 0.1) is 0 Å². The van der Waals surface area contributed by atoms with Crippen LogP contribution in [0.25, 0.3) is 11.4 Å². The summed E-state index contributed by atoms with van der Waals surface area (Å²) in [5.41, 5.74) is 0.287. The number of alkyl carbamates (subject to hydrolysis) is 1. The Labute approximate surface area is 198 Å². The van der Waals surface area contributed by atoms with Gasteiger partial charge in [0.15, 0.2) is 5.96 Å². The van der Waals surface area contributed by atoms with Gasteiger partial charge < -0.3 is 25.2 Å². The Hall–Kier alpha value is -2.08. The smallest absolute Gasteiger partial charge is 0.407 e.